The molecular weight excluding hydrogens is 394 g/mol. The molecule has 1 atom stereocenters. The topological polar surface area (TPSA) is 71.2 Å². The number of phenolic OH excluding ortho intramolecular Hbond substituents is 1. The molecule has 7 heteroatoms. The number of aromatic nitrogens is 3. The summed E-state index contributed by atoms with van der Waals surface area (Å²) in [5, 5.41) is 29.3. The Balaban J connectivity index is 1.85. The number of rotatable bonds is 4. The molecule has 1 aromatic heterocycles. The number of hydrogen-bond donors (Lipinski definition) is 2. The van der Waals surface area contributed by atoms with E-state index in [0.717, 1.165) is 10.0 Å². The highest BCUT2D eigenvalue weighted by Gasteiger charge is 2.25. The smallest absolute Gasteiger partial charge is 0.141 e. The molecule has 0 saturated heterocycles. The third-order valence-electron chi connectivity index (χ3n) is 3.72. The number of nitrogens with zero attached hydrogens (tertiary/aromatic N) is 3. The van der Waals surface area contributed by atoms with Gasteiger partial charge in [-0.2, -0.15) is 0 Å². The van der Waals surface area contributed by atoms with Gasteiger partial charge in [-0.05, 0) is 42.8 Å². The lowest BCUT2D eigenvalue weighted by molar-refractivity contribution is 0.0565. The van der Waals surface area contributed by atoms with Crippen molar-refractivity contribution in [3.63, 3.8) is 0 Å². The summed E-state index contributed by atoms with van der Waals surface area (Å²) in [5.74, 6) is 0.0514. The predicted octanol–water partition coefficient (Wildman–Crippen LogP) is 3.84. The zero-order valence-electron chi connectivity index (χ0n) is 12.8. The van der Waals surface area contributed by atoms with Crippen LogP contribution in [0.4, 0.5) is 0 Å². The highest BCUT2D eigenvalue weighted by atomic mass is 79.9. The summed E-state index contributed by atoms with van der Waals surface area (Å²) in [6, 6.07) is 12.2. The standard InChI is InChI=1S/C17H15BrClN3O2/c1-17(24,11-2-4-12(18)5-3-11)9-14-10-22(21-20-14)15-8-13(19)6-7-16(15)23/h2-8,10,23-24H,9H2,1H3. The van der Waals surface area contributed by atoms with Gasteiger partial charge in [0.05, 0.1) is 17.5 Å². The quantitative estimate of drug-likeness (QED) is 0.688. The number of benzene rings is 2. The number of hydrogen-bond acceptors (Lipinski definition) is 4. The van der Waals surface area contributed by atoms with Crippen LogP contribution >= 0.6 is 27.5 Å². The van der Waals surface area contributed by atoms with Gasteiger partial charge in [-0.25, -0.2) is 4.68 Å². The van der Waals surface area contributed by atoms with Crippen molar-refractivity contribution in [1.29, 1.82) is 0 Å². The molecular formula is C17H15BrClN3O2. The van der Waals surface area contributed by atoms with Crippen molar-refractivity contribution in [3.05, 3.63) is 69.4 Å². The van der Waals surface area contributed by atoms with Gasteiger partial charge in [0.25, 0.3) is 0 Å². The first kappa shape index (κ1) is 17.0. The Kier molecular flexibility index (Phi) is 4.62. The van der Waals surface area contributed by atoms with E-state index in [-0.39, 0.29) is 12.2 Å². The maximum absolute atomic E-state index is 10.7. The van der Waals surface area contributed by atoms with Crippen LogP contribution in [0.3, 0.4) is 0 Å². The summed E-state index contributed by atoms with van der Waals surface area (Å²) in [4.78, 5) is 0. The van der Waals surface area contributed by atoms with Crippen LogP contribution < -0.4 is 0 Å². The SMILES string of the molecule is CC(O)(Cc1cn(-c2cc(Cl)ccc2O)nn1)c1ccc(Br)cc1. The molecule has 5 nitrogen and oxygen atoms in total. The minimum Gasteiger partial charge on any atom is -0.506 e. The summed E-state index contributed by atoms with van der Waals surface area (Å²) >= 11 is 9.34. The second-order valence-electron chi connectivity index (χ2n) is 5.75. The van der Waals surface area contributed by atoms with E-state index in [1.54, 1.807) is 25.3 Å². The van der Waals surface area contributed by atoms with Crippen LogP contribution in [0.2, 0.25) is 5.02 Å². The Labute approximate surface area is 152 Å². The van der Waals surface area contributed by atoms with Gasteiger partial charge in [0.15, 0.2) is 0 Å². The summed E-state index contributed by atoms with van der Waals surface area (Å²) in [6.07, 6.45) is 1.95. The van der Waals surface area contributed by atoms with Crippen LogP contribution in [0.5, 0.6) is 5.75 Å². The van der Waals surface area contributed by atoms with Gasteiger partial charge in [-0.1, -0.05) is 44.9 Å². The molecule has 0 saturated carbocycles. The predicted molar refractivity (Wildman–Crippen MR) is 95.5 cm³/mol. The first-order valence-electron chi connectivity index (χ1n) is 7.24. The van der Waals surface area contributed by atoms with E-state index < -0.39 is 5.60 Å². The Hall–Kier alpha value is -1.89. The van der Waals surface area contributed by atoms with E-state index in [1.165, 1.54) is 10.7 Å². The van der Waals surface area contributed by atoms with Crippen LogP contribution in [-0.2, 0) is 12.0 Å². The Morgan fingerprint density at radius 1 is 1.21 bits per heavy atom. The van der Waals surface area contributed by atoms with E-state index in [0.29, 0.717) is 16.4 Å². The number of halogens is 2. The normalized spacial score (nSPS) is 13.7. The van der Waals surface area contributed by atoms with Gasteiger partial charge in [0, 0.05) is 15.9 Å². The highest BCUT2D eigenvalue weighted by Crippen LogP contribution is 2.28. The second kappa shape index (κ2) is 6.55. The lowest BCUT2D eigenvalue weighted by Crippen LogP contribution is -2.24. The fraction of sp³-hybridized carbons (Fsp3) is 0.176. The Bertz CT molecular complexity index is 863. The third kappa shape index (κ3) is 3.61. The van der Waals surface area contributed by atoms with E-state index in [1.807, 2.05) is 24.3 Å². The van der Waals surface area contributed by atoms with Crippen molar-refractivity contribution in [2.75, 3.05) is 0 Å². The maximum Gasteiger partial charge on any atom is 0.141 e. The van der Waals surface area contributed by atoms with Crippen molar-refractivity contribution >= 4 is 27.5 Å². The monoisotopic (exact) mass is 407 g/mol. The molecule has 0 spiro atoms. The van der Waals surface area contributed by atoms with E-state index in [2.05, 4.69) is 26.2 Å². The van der Waals surface area contributed by atoms with Crippen molar-refractivity contribution in [1.82, 2.24) is 15.0 Å². The van der Waals surface area contributed by atoms with Crippen LogP contribution in [0.25, 0.3) is 5.69 Å². The van der Waals surface area contributed by atoms with Crippen molar-refractivity contribution in [3.8, 4) is 11.4 Å². The number of aliphatic hydroxyl groups is 1. The molecule has 2 N–H and O–H groups in total. The van der Waals surface area contributed by atoms with Crippen LogP contribution in [0.15, 0.2) is 53.1 Å². The summed E-state index contributed by atoms with van der Waals surface area (Å²) in [5.41, 5.74) is 0.732. The number of aromatic hydroxyl groups is 1. The zero-order chi connectivity index (χ0) is 17.3. The molecule has 0 bridgehead atoms. The van der Waals surface area contributed by atoms with Gasteiger partial charge in [-0.15, -0.1) is 5.10 Å². The molecule has 0 aliphatic carbocycles. The maximum atomic E-state index is 10.7. The Morgan fingerprint density at radius 3 is 2.62 bits per heavy atom. The van der Waals surface area contributed by atoms with E-state index in [4.69, 9.17) is 11.6 Å². The molecule has 3 rings (SSSR count). The third-order valence-corrected chi connectivity index (χ3v) is 4.48. The molecule has 0 aliphatic heterocycles. The fourth-order valence-corrected chi connectivity index (χ4v) is 2.87. The average Bonchev–Trinajstić information content (AvgIpc) is 2.97. The lowest BCUT2D eigenvalue weighted by atomic mass is 9.91. The summed E-state index contributed by atoms with van der Waals surface area (Å²) in [7, 11) is 0. The fourth-order valence-electron chi connectivity index (χ4n) is 2.44. The molecule has 1 heterocycles. The van der Waals surface area contributed by atoms with Gasteiger partial charge >= 0.3 is 0 Å². The first-order valence-corrected chi connectivity index (χ1v) is 8.41. The molecule has 0 fully saturated rings. The molecule has 0 radical (unpaired) electrons. The molecule has 2 aromatic carbocycles. The average molecular weight is 409 g/mol. The first-order chi connectivity index (χ1) is 11.3. The molecule has 3 aromatic rings. The lowest BCUT2D eigenvalue weighted by Gasteiger charge is -2.22. The van der Waals surface area contributed by atoms with Crippen molar-refractivity contribution in [2.45, 2.75) is 18.9 Å². The highest BCUT2D eigenvalue weighted by molar-refractivity contribution is 9.10. The molecule has 0 amide bonds. The van der Waals surface area contributed by atoms with Crippen molar-refractivity contribution < 1.29 is 10.2 Å². The van der Waals surface area contributed by atoms with Crippen LogP contribution in [-0.4, -0.2) is 25.2 Å². The van der Waals surface area contributed by atoms with Gasteiger partial charge in [0.1, 0.15) is 11.4 Å². The zero-order valence-corrected chi connectivity index (χ0v) is 15.2. The molecule has 1 unspecified atom stereocenters. The van der Waals surface area contributed by atoms with Gasteiger partial charge in [0.2, 0.25) is 0 Å². The summed E-state index contributed by atoms with van der Waals surface area (Å²) < 4.78 is 2.39. The van der Waals surface area contributed by atoms with Gasteiger partial charge in [-0.3, -0.25) is 0 Å². The summed E-state index contributed by atoms with van der Waals surface area (Å²) in [6.45, 7) is 1.73. The van der Waals surface area contributed by atoms with Crippen LogP contribution in [0, 0.1) is 0 Å². The van der Waals surface area contributed by atoms with E-state index in [9.17, 15) is 10.2 Å². The van der Waals surface area contributed by atoms with E-state index >= 15 is 0 Å². The molecule has 24 heavy (non-hydrogen) atoms. The van der Waals surface area contributed by atoms with Gasteiger partial charge < -0.3 is 10.2 Å². The van der Waals surface area contributed by atoms with Crippen LogP contribution in [0.1, 0.15) is 18.2 Å². The minimum absolute atomic E-state index is 0.0514. The molecule has 0 aliphatic rings. The molecule has 124 valence electrons. The largest absolute Gasteiger partial charge is 0.506 e. The van der Waals surface area contributed by atoms with Crippen molar-refractivity contribution in [2.24, 2.45) is 0 Å². The number of phenols is 1. The second-order valence-corrected chi connectivity index (χ2v) is 7.10. The minimum atomic E-state index is -1.09. The Morgan fingerprint density at radius 2 is 1.92 bits per heavy atom.